The normalized spacial score (nSPS) is 15.1. The van der Waals surface area contributed by atoms with E-state index < -0.39 is 0 Å². The first-order valence-corrected chi connectivity index (χ1v) is 13.5. The van der Waals surface area contributed by atoms with Crippen LogP contribution >= 0.6 is 0 Å². The number of aromatic amines is 1. The molecule has 206 valence electrons. The van der Waals surface area contributed by atoms with Crippen LogP contribution < -0.4 is 15.0 Å². The highest BCUT2D eigenvalue weighted by Crippen LogP contribution is 2.34. The lowest BCUT2D eigenvalue weighted by molar-refractivity contribution is 0.0844. The van der Waals surface area contributed by atoms with Gasteiger partial charge >= 0.3 is 0 Å². The molecule has 39 heavy (non-hydrogen) atoms. The maximum Gasteiger partial charge on any atom is 0.252 e. The number of H-pyrrole nitrogens is 1. The highest BCUT2D eigenvalue weighted by atomic mass is 19.1. The minimum absolute atomic E-state index is 0.0935. The molecule has 0 radical (unpaired) electrons. The van der Waals surface area contributed by atoms with Crippen LogP contribution in [0.15, 0.2) is 47.3 Å². The van der Waals surface area contributed by atoms with E-state index in [9.17, 15) is 9.18 Å². The van der Waals surface area contributed by atoms with Gasteiger partial charge in [-0.05, 0) is 59.5 Å². The van der Waals surface area contributed by atoms with Gasteiger partial charge in [0, 0.05) is 29.6 Å². The first kappa shape index (κ1) is 26.8. The predicted octanol–water partition coefficient (Wildman–Crippen LogP) is 5.01. The zero-order valence-corrected chi connectivity index (χ0v) is 22.7. The Bertz CT molecular complexity index is 1460. The summed E-state index contributed by atoms with van der Waals surface area (Å²) in [4.78, 5) is 18.8. The number of halogens is 1. The number of nitrogens with one attached hydrogen (secondary N) is 1. The van der Waals surface area contributed by atoms with Crippen LogP contribution in [0.5, 0.6) is 11.5 Å². The Kier molecular flexibility index (Phi) is 8.21. The van der Waals surface area contributed by atoms with E-state index >= 15 is 0 Å². The molecule has 1 aliphatic rings. The molecule has 0 saturated heterocycles. The largest absolute Gasteiger partial charge is 0.493 e. The quantitative estimate of drug-likeness (QED) is 0.306. The van der Waals surface area contributed by atoms with Crippen LogP contribution in [-0.4, -0.2) is 50.4 Å². The molecule has 10 heteroatoms. The van der Waals surface area contributed by atoms with E-state index in [1.54, 1.807) is 37.1 Å². The number of methoxy groups -OCH3 is 2. The molecule has 0 spiro atoms. The second-order valence-electron chi connectivity index (χ2n) is 10.1. The van der Waals surface area contributed by atoms with Crippen molar-refractivity contribution in [3.63, 3.8) is 0 Å². The summed E-state index contributed by atoms with van der Waals surface area (Å²) < 4.78 is 26.2. The molecule has 1 aliphatic carbocycles. The van der Waals surface area contributed by atoms with Gasteiger partial charge in [-0.1, -0.05) is 38.3 Å². The van der Waals surface area contributed by atoms with Crippen molar-refractivity contribution in [3.8, 4) is 11.5 Å². The number of benzene rings is 2. The predicted molar refractivity (Wildman–Crippen MR) is 146 cm³/mol. The van der Waals surface area contributed by atoms with Crippen LogP contribution in [0.4, 0.5) is 4.39 Å². The molecule has 4 aromatic rings. The van der Waals surface area contributed by atoms with E-state index in [2.05, 4.69) is 32.3 Å². The standard InChI is InChI=1S/C29H35FN6O3/c1-4-25(28-32-33-34-36(28)17-19-10-12-22(30)13-11-19)35(23-8-6-5-7-9-23)18-21-14-20-15-26(38-2)27(39-3)16-24(20)31-29(21)37/h10-16,23,25H,4-9,17-18H2,1-3H3,(H,31,37)/t25-/m1/s1. The van der Waals surface area contributed by atoms with E-state index in [0.29, 0.717) is 41.7 Å². The first-order valence-electron chi connectivity index (χ1n) is 13.5. The SMILES string of the molecule is CC[C@H](c1nnnn1Cc1ccc(F)cc1)N(Cc1cc2cc(OC)c(OC)cc2[nH]c1=O)C1CCCCC1. The molecule has 0 aliphatic heterocycles. The second kappa shape index (κ2) is 11.9. The molecule has 2 heterocycles. The van der Waals surface area contributed by atoms with Gasteiger partial charge < -0.3 is 14.5 Å². The fourth-order valence-electron chi connectivity index (χ4n) is 5.69. The van der Waals surface area contributed by atoms with E-state index in [-0.39, 0.29) is 17.4 Å². The van der Waals surface area contributed by atoms with Crippen molar-refractivity contribution in [1.82, 2.24) is 30.1 Å². The molecule has 5 rings (SSSR count). The highest BCUT2D eigenvalue weighted by Gasteiger charge is 2.32. The molecular formula is C29H35FN6O3. The average molecular weight is 535 g/mol. The lowest BCUT2D eigenvalue weighted by Gasteiger charge is -2.39. The number of rotatable bonds is 10. The van der Waals surface area contributed by atoms with Gasteiger partial charge in [0.1, 0.15) is 5.82 Å². The topological polar surface area (TPSA) is 98.2 Å². The van der Waals surface area contributed by atoms with Gasteiger partial charge in [-0.15, -0.1) is 5.10 Å². The second-order valence-corrected chi connectivity index (χ2v) is 10.1. The fourth-order valence-corrected chi connectivity index (χ4v) is 5.69. The molecule has 0 bridgehead atoms. The summed E-state index contributed by atoms with van der Waals surface area (Å²) in [7, 11) is 3.18. The van der Waals surface area contributed by atoms with E-state index in [4.69, 9.17) is 9.47 Å². The minimum atomic E-state index is -0.276. The van der Waals surface area contributed by atoms with Gasteiger partial charge in [-0.2, -0.15) is 0 Å². The molecule has 9 nitrogen and oxygen atoms in total. The summed E-state index contributed by atoms with van der Waals surface area (Å²) in [5.41, 5.74) is 2.16. The van der Waals surface area contributed by atoms with Gasteiger partial charge in [0.05, 0.1) is 32.3 Å². The summed E-state index contributed by atoms with van der Waals surface area (Å²) in [6.07, 6.45) is 6.43. The smallest absolute Gasteiger partial charge is 0.252 e. The number of hydrogen-bond acceptors (Lipinski definition) is 7. The van der Waals surface area contributed by atoms with Crippen LogP contribution in [0.3, 0.4) is 0 Å². The van der Waals surface area contributed by atoms with Gasteiger partial charge in [-0.3, -0.25) is 9.69 Å². The van der Waals surface area contributed by atoms with Crippen LogP contribution in [-0.2, 0) is 13.1 Å². The maximum absolute atomic E-state index is 13.5. The van der Waals surface area contributed by atoms with Crippen molar-refractivity contribution in [2.45, 2.75) is 70.6 Å². The molecule has 0 amide bonds. The Morgan fingerprint density at radius 3 is 2.49 bits per heavy atom. The molecular weight excluding hydrogens is 499 g/mol. The Balaban J connectivity index is 1.51. The van der Waals surface area contributed by atoms with Gasteiger partial charge in [0.2, 0.25) is 0 Å². The minimum Gasteiger partial charge on any atom is -0.493 e. The summed E-state index contributed by atoms with van der Waals surface area (Å²) in [6.45, 7) is 3.03. The summed E-state index contributed by atoms with van der Waals surface area (Å²) in [5, 5.41) is 13.6. The Morgan fingerprint density at radius 1 is 1.08 bits per heavy atom. The monoisotopic (exact) mass is 534 g/mol. The molecule has 1 fully saturated rings. The zero-order valence-electron chi connectivity index (χ0n) is 22.7. The van der Waals surface area contributed by atoms with E-state index in [0.717, 1.165) is 48.9 Å². The molecule has 2 aromatic carbocycles. The number of ether oxygens (including phenoxy) is 2. The summed E-state index contributed by atoms with van der Waals surface area (Å²) in [6, 6.07) is 12.2. The fraction of sp³-hybridized carbons (Fsp3) is 0.448. The van der Waals surface area contributed by atoms with Crippen molar-refractivity contribution in [1.29, 1.82) is 0 Å². The number of aromatic nitrogens is 5. The Hall–Kier alpha value is -3.79. The molecule has 1 atom stereocenters. The van der Waals surface area contributed by atoms with Crippen molar-refractivity contribution in [2.24, 2.45) is 0 Å². The third kappa shape index (κ3) is 5.80. The van der Waals surface area contributed by atoms with Crippen LogP contribution in [0.2, 0.25) is 0 Å². The molecule has 1 N–H and O–H groups in total. The molecule has 1 saturated carbocycles. The van der Waals surface area contributed by atoms with Crippen molar-refractivity contribution in [2.75, 3.05) is 14.2 Å². The van der Waals surface area contributed by atoms with Gasteiger partial charge in [0.15, 0.2) is 17.3 Å². The third-order valence-corrected chi connectivity index (χ3v) is 7.71. The Morgan fingerprint density at radius 2 is 1.79 bits per heavy atom. The van der Waals surface area contributed by atoms with Crippen LogP contribution in [0, 0.1) is 5.82 Å². The lowest BCUT2D eigenvalue weighted by atomic mass is 9.92. The number of fused-ring (bicyclic) bond motifs is 1. The summed E-state index contributed by atoms with van der Waals surface area (Å²) in [5.74, 6) is 1.65. The zero-order chi connectivity index (χ0) is 27.4. The number of tetrazole rings is 1. The third-order valence-electron chi connectivity index (χ3n) is 7.71. The van der Waals surface area contributed by atoms with Crippen molar-refractivity contribution >= 4 is 10.9 Å². The molecule has 2 aromatic heterocycles. The number of nitrogens with zero attached hydrogens (tertiary/aromatic N) is 5. The first-order chi connectivity index (χ1) is 19.0. The maximum atomic E-state index is 13.5. The van der Waals surface area contributed by atoms with E-state index in [1.165, 1.54) is 18.6 Å². The highest BCUT2D eigenvalue weighted by molar-refractivity contribution is 5.83. The van der Waals surface area contributed by atoms with E-state index in [1.807, 2.05) is 12.1 Å². The number of hydrogen-bond donors (Lipinski definition) is 1. The van der Waals surface area contributed by atoms with Crippen molar-refractivity contribution < 1.29 is 13.9 Å². The average Bonchev–Trinajstić information content (AvgIpc) is 3.41. The number of pyridine rings is 1. The lowest BCUT2D eigenvalue weighted by Crippen LogP contribution is -2.41. The van der Waals surface area contributed by atoms with Gasteiger partial charge in [-0.25, -0.2) is 9.07 Å². The van der Waals surface area contributed by atoms with Crippen LogP contribution in [0.25, 0.3) is 10.9 Å². The summed E-state index contributed by atoms with van der Waals surface area (Å²) >= 11 is 0. The Labute approximate surface area is 226 Å². The molecule has 0 unspecified atom stereocenters. The van der Waals surface area contributed by atoms with Gasteiger partial charge in [0.25, 0.3) is 5.56 Å². The van der Waals surface area contributed by atoms with Crippen molar-refractivity contribution in [3.05, 3.63) is 75.6 Å². The van der Waals surface area contributed by atoms with Crippen LogP contribution in [0.1, 0.15) is 68.4 Å².